The van der Waals surface area contributed by atoms with Gasteiger partial charge < -0.3 is 9.47 Å². The second kappa shape index (κ2) is 2.54. The van der Waals surface area contributed by atoms with E-state index < -0.39 is 17.9 Å². The van der Waals surface area contributed by atoms with E-state index in [-0.39, 0.29) is 10.2 Å². The summed E-state index contributed by atoms with van der Waals surface area (Å²) in [5, 5.41) is 0. The lowest BCUT2D eigenvalue weighted by atomic mass is 10.3. The lowest BCUT2D eigenvalue weighted by Gasteiger charge is -2.04. The van der Waals surface area contributed by atoms with Crippen molar-refractivity contribution in [3.8, 4) is 11.5 Å². The van der Waals surface area contributed by atoms with Gasteiger partial charge in [0, 0.05) is 0 Å². The minimum atomic E-state index is -3.77. The van der Waals surface area contributed by atoms with Gasteiger partial charge in [-0.25, -0.2) is 4.39 Å². The maximum Gasteiger partial charge on any atom is 0.586 e. The van der Waals surface area contributed by atoms with Crippen molar-refractivity contribution in [2.45, 2.75) is 6.29 Å². The molecule has 2 rings (SSSR count). The van der Waals surface area contributed by atoms with Crippen LogP contribution in [0, 0.1) is 5.82 Å². The summed E-state index contributed by atoms with van der Waals surface area (Å²) in [7, 11) is 0. The van der Waals surface area contributed by atoms with E-state index >= 15 is 0 Å². The van der Waals surface area contributed by atoms with E-state index in [2.05, 4.69) is 25.4 Å². The van der Waals surface area contributed by atoms with Crippen LogP contribution in [-0.2, 0) is 0 Å². The van der Waals surface area contributed by atoms with Crippen LogP contribution in [0.3, 0.4) is 0 Å². The molecule has 0 atom stereocenters. The largest absolute Gasteiger partial charge is 0.586 e. The highest BCUT2D eigenvalue weighted by molar-refractivity contribution is 9.10. The molecule has 1 aromatic carbocycles. The van der Waals surface area contributed by atoms with Crippen LogP contribution in [0.1, 0.15) is 0 Å². The van der Waals surface area contributed by atoms with Crippen LogP contribution in [0.25, 0.3) is 0 Å². The Kier molecular flexibility index (Phi) is 1.69. The molecule has 13 heavy (non-hydrogen) atoms. The molecule has 0 bridgehead atoms. The highest BCUT2D eigenvalue weighted by Gasteiger charge is 2.45. The Hall–Kier alpha value is -0.910. The fraction of sp³-hybridized carbons (Fsp3) is 0.143. The van der Waals surface area contributed by atoms with Gasteiger partial charge in [0.15, 0.2) is 11.6 Å². The molecule has 6 heteroatoms. The smallest absolute Gasteiger partial charge is 0.395 e. The molecule has 0 amide bonds. The quantitative estimate of drug-likeness (QED) is 0.709. The van der Waals surface area contributed by atoms with Gasteiger partial charge in [0.05, 0.1) is 4.47 Å². The Balaban J connectivity index is 2.53. The Morgan fingerprint density at radius 3 is 2.62 bits per heavy atom. The predicted molar refractivity (Wildman–Crippen MR) is 40.3 cm³/mol. The average molecular weight is 255 g/mol. The molecule has 0 radical (unpaired) electrons. The second-order valence-electron chi connectivity index (χ2n) is 2.36. The van der Waals surface area contributed by atoms with Crippen LogP contribution in [-0.4, -0.2) is 6.29 Å². The number of fused-ring (bicyclic) bond motifs is 1. The Labute approximate surface area is 79.4 Å². The van der Waals surface area contributed by atoms with Gasteiger partial charge in [-0.2, -0.15) is 0 Å². The van der Waals surface area contributed by atoms with Gasteiger partial charge in [0.1, 0.15) is 0 Å². The Morgan fingerprint density at radius 1 is 1.23 bits per heavy atom. The Morgan fingerprint density at radius 2 is 1.92 bits per heavy atom. The van der Waals surface area contributed by atoms with Crippen molar-refractivity contribution in [2.24, 2.45) is 0 Å². The number of benzene rings is 1. The van der Waals surface area contributed by atoms with Crippen molar-refractivity contribution < 1.29 is 22.6 Å². The van der Waals surface area contributed by atoms with Crippen molar-refractivity contribution in [3.63, 3.8) is 0 Å². The summed E-state index contributed by atoms with van der Waals surface area (Å²) in [5.74, 6) is -1.76. The second-order valence-corrected chi connectivity index (χ2v) is 3.21. The zero-order valence-corrected chi connectivity index (χ0v) is 7.57. The SMILES string of the molecule is Fc1c(Br)ccc2c1OC(F)(F)O2. The highest BCUT2D eigenvalue weighted by atomic mass is 79.9. The molecule has 1 aliphatic rings. The molecule has 1 aromatic rings. The number of halogens is 4. The average Bonchev–Trinajstić information content (AvgIpc) is 2.34. The van der Waals surface area contributed by atoms with Crippen LogP contribution in [0.5, 0.6) is 11.5 Å². The molecular weight excluding hydrogens is 253 g/mol. The number of rotatable bonds is 0. The van der Waals surface area contributed by atoms with E-state index in [0.29, 0.717) is 0 Å². The van der Waals surface area contributed by atoms with Crippen molar-refractivity contribution in [1.82, 2.24) is 0 Å². The predicted octanol–water partition coefficient (Wildman–Crippen LogP) is 2.91. The molecule has 1 heterocycles. The zero-order valence-electron chi connectivity index (χ0n) is 5.98. The number of alkyl halides is 2. The summed E-state index contributed by atoms with van der Waals surface area (Å²) >= 11 is 2.83. The van der Waals surface area contributed by atoms with Crippen molar-refractivity contribution >= 4 is 15.9 Å². The van der Waals surface area contributed by atoms with E-state index in [1.54, 1.807) is 0 Å². The highest BCUT2D eigenvalue weighted by Crippen LogP contribution is 2.44. The summed E-state index contributed by atoms with van der Waals surface area (Å²) in [6.07, 6.45) is -3.77. The van der Waals surface area contributed by atoms with Crippen LogP contribution in [0.15, 0.2) is 16.6 Å². The number of ether oxygens (including phenoxy) is 2. The number of hydrogen-bond acceptors (Lipinski definition) is 2. The van der Waals surface area contributed by atoms with Gasteiger partial charge in [0.25, 0.3) is 0 Å². The van der Waals surface area contributed by atoms with Gasteiger partial charge >= 0.3 is 6.29 Å². The van der Waals surface area contributed by atoms with E-state index in [1.807, 2.05) is 0 Å². The topological polar surface area (TPSA) is 18.5 Å². The fourth-order valence-corrected chi connectivity index (χ4v) is 1.27. The molecular formula is C7H2BrF3O2. The molecule has 0 saturated heterocycles. The molecule has 0 saturated carbocycles. The van der Waals surface area contributed by atoms with Crippen molar-refractivity contribution in [1.29, 1.82) is 0 Å². The zero-order chi connectivity index (χ0) is 9.64. The third-order valence-corrected chi connectivity index (χ3v) is 2.08. The summed E-state index contributed by atoms with van der Waals surface area (Å²) in [6, 6.07) is 2.46. The molecule has 0 aliphatic carbocycles. The van der Waals surface area contributed by atoms with Crippen LogP contribution >= 0.6 is 15.9 Å². The van der Waals surface area contributed by atoms with E-state index in [9.17, 15) is 13.2 Å². The van der Waals surface area contributed by atoms with Crippen LogP contribution in [0.2, 0.25) is 0 Å². The van der Waals surface area contributed by atoms with Gasteiger partial charge in [-0.1, -0.05) is 0 Å². The standard InChI is InChI=1S/C7H2BrF3O2/c8-3-1-2-4-6(5(3)9)13-7(10,11)12-4/h1-2H. The molecule has 1 aliphatic heterocycles. The first-order valence-corrected chi connectivity index (χ1v) is 4.03. The maximum atomic E-state index is 13.1. The molecule has 0 unspecified atom stereocenters. The molecule has 0 N–H and O–H groups in total. The maximum absolute atomic E-state index is 13.1. The summed E-state index contributed by atoms with van der Waals surface area (Å²) in [5.41, 5.74) is 0. The Bertz CT molecular complexity index is 367. The van der Waals surface area contributed by atoms with E-state index in [1.165, 1.54) is 12.1 Å². The van der Waals surface area contributed by atoms with E-state index in [0.717, 1.165) is 0 Å². The first kappa shape index (κ1) is 8.68. The third-order valence-electron chi connectivity index (χ3n) is 1.46. The van der Waals surface area contributed by atoms with Gasteiger partial charge in [-0.05, 0) is 28.1 Å². The van der Waals surface area contributed by atoms with E-state index in [4.69, 9.17) is 0 Å². The first-order chi connectivity index (χ1) is 5.99. The fourth-order valence-electron chi connectivity index (χ4n) is 0.957. The molecule has 70 valence electrons. The molecule has 2 nitrogen and oxygen atoms in total. The van der Waals surface area contributed by atoms with Crippen LogP contribution < -0.4 is 9.47 Å². The van der Waals surface area contributed by atoms with Gasteiger partial charge in [-0.3, -0.25) is 0 Å². The summed E-state index contributed by atoms with van der Waals surface area (Å²) in [4.78, 5) is 0. The lowest BCUT2D eigenvalue weighted by molar-refractivity contribution is -0.287. The minimum absolute atomic E-state index is 0.0487. The molecule has 0 spiro atoms. The van der Waals surface area contributed by atoms with Crippen LogP contribution in [0.4, 0.5) is 13.2 Å². The summed E-state index contributed by atoms with van der Waals surface area (Å²) < 4.78 is 45.9. The minimum Gasteiger partial charge on any atom is -0.395 e. The van der Waals surface area contributed by atoms with Gasteiger partial charge in [0.2, 0.25) is 5.75 Å². The first-order valence-electron chi connectivity index (χ1n) is 3.23. The summed E-state index contributed by atoms with van der Waals surface area (Å²) in [6.45, 7) is 0. The third kappa shape index (κ3) is 1.35. The van der Waals surface area contributed by atoms with Gasteiger partial charge in [-0.15, -0.1) is 8.78 Å². The van der Waals surface area contributed by atoms with Crippen molar-refractivity contribution in [2.75, 3.05) is 0 Å². The lowest BCUT2D eigenvalue weighted by Crippen LogP contribution is -2.26. The molecule has 0 fully saturated rings. The normalized spacial score (nSPS) is 17.5. The number of hydrogen-bond donors (Lipinski definition) is 0. The molecule has 0 aromatic heterocycles. The van der Waals surface area contributed by atoms with Crippen molar-refractivity contribution in [3.05, 3.63) is 22.4 Å². The monoisotopic (exact) mass is 254 g/mol.